The van der Waals surface area contributed by atoms with Gasteiger partial charge < -0.3 is 4.42 Å². The second-order valence-corrected chi connectivity index (χ2v) is 20.7. The quantitative estimate of drug-likeness (QED) is 0.158. The zero-order valence-electron chi connectivity index (χ0n) is 47.2. The van der Waals surface area contributed by atoms with Crippen molar-refractivity contribution >= 4 is 43.9 Å². The van der Waals surface area contributed by atoms with Gasteiger partial charge in [0.2, 0.25) is 22.8 Å². The van der Waals surface area contributed by atoms with Crippen LogP contribution in [0.3, 0.4) is 0 Å². The van der Waals surface area contributed by atoms with Crippen LogP contribution in [-0.4, -0.2) is 4.57 Å². The molecule has 0 aliphatic carbocycles. The van der Waals surface area contributed by atoms with E-state index in [1.807, 2.05) is 44.4 Å². The van der Waals surface area contributed by atoms with E-state index in [0.717, 1.165) is 5.56 Å². The molecule has 0 aliphatic rings. The predicted octanol–water partition coefficient (Wildman–Crippen LogP) is 14.7. The number of para-hydroxylation sites is 2. The first kappa shape index (κ1) is 54.7. The van der Waals surface area contributed by atoms with Gasteiger partial charge in [-0.05, 0) is 134 Å². The number of aryl methyl sites for hydroxylation is 10. The lowest BCUT2D eigenvalue weighted by Crippen LogP contribution is -2.33. The molecule has 0 N–H and O–H groups in total. The van der Waals surface area contributed by atoms with E-state index in [4.69, 9.17) is 4.42 Å². The second-order valence-electron chi connectivity index (χ2n) is 20.0. The highest BCUT2D eigenvalue weighted by molar-refractivity contribution is 7.08. The van der Waals surface area contributed by atoms with E-state index in [2.05, 4.69) is 289 Å². The molecule has 5 aromatic carbocycles. The van der Waals surface area contributed by atoms with Crippen molar-refractivity contribution in [1.29, 1.82) is 0 Å². The van der Waals surface area contributed by atoms with E-state index >= 15 is 0 Å². The van der Waals surface area contributed by atoms with Gasteiger partial charge in [0.25, 0.3) is 5.82 Å². The molecule has 0 saturated carbocycles. The van der Waals surface area contributed by atoms with Crippen LogP contribution in [0.2, 0.25) is 0 Å². The highest BCUT2D eigenvalue weighted by Crippen LogP contribution is 2.33. The maximum Gasteiger partial charge on any atom is 0.286 e. The van der Waals surface area contributed by atoms with E-state index in [0.29, 0.717) is 0 Å². The normalized spacial score (nSPS) is 10.7. The van der Waals surface area contributed by atoms with Gasteiger partial charge in [-0.1, -0.05) is 78.9 Å². The summed E-state index contributed by atoms with van der Waals surface area (Å²) in [7, 11) is 10.4. The van der Waals surface area contributed by atoms with Crippen LogP contribution in [0.15, 0.2) is 253 Å². The molecule has 8 heterocycles. The molecule has 0 bridgehead atoms. The Balaban J connectivity index is 0.000000122. The monoisotopic (exact) mass is 1060 g/mol. The average Bonchev–Trinajstić information content (AvgIpc) is 4.20. The molecule has 8 heteroatoms. The Morgan fingerprint density at radius 3 is 1.41 bits per heavy atom. The zero-order chi connectivity index (χ0) is 55.4. The largest absolute Gasteiger partial charge is 0.471 e. The summed E-state index contributed by atoms with van der Waals surface area (Å²) in [6.07, 6.45) is 13.9. The summed E-state index contributed by atoms with van der Waals surface area (Å²) in [5.41, 5.74) is 19.1. The number of pyridine rings is 5. The number of thiophene rings is 1. The fraction of sp³-hybridized carbons (Fsp3) is 0.141. The minimum absolute atomic E-state index is 1.16. The van der Waals surface area contributed by atoms with Gasteiger partial charge in [0.1, 0.15) is 45.5 Å². The van der Waals surface area contributed by atoms with E-state index < -0.39 is 0 Å². The summed E-state index contributed by atoms with van der Waals surface area (Å²) < 4.78 is 18.2. The van der Waals surface area contributed by atoms with Gasteiger partial charge in [-0.2, -0.15) is 15.9 Å². The second kappa shape index (κ2) is 25.4. The molecule has 7 nitrogen and oxygen atoms in total. The SMILES string of the molecule is Cc1c(-c2cccc[n+]2C)ccc2ccccc12.Cc1cccc2c3ccccc3n(-c3cccc[n+]3C)c12.Cc1ccccc1-c1cccc[n+]1C.Cc1cocc1-c1cccc[n+]1C.Cc1cscc1-c1cccc[n+]1C. The first-order valence-corrected chi connectivity index (χ1v) is 27.7. The Morgan fingerprint density at radius 1 is 0.342 bits per heavy atom. The lowest BCUT2D eigenvalue weighted by Gasteiger charge is -2.07. The number of fused-ring (bicyclic) bond motifs is 4. The van der Waals surface area contributed by atoms with Gasteiger partial charge in [-0.3, -0.25) is 0 Å². The van der Waals surface area contributed by atoms with Crippen molar-refractivity contribution in [2.45, 2.75) is 34.6 Å². The Hall–Kier alpha value is -9.11. The first-order chi connectivity index (χ1) is 38.4. The van der Waals surface area contributed by atoms with Crippen LogP contribution < -0.4 is 22.8 Å². The number of furan rings is 1. The highest BCUT2D eigenvalue weighted by atomic mass is 32.1. The molecule has 0 aliphatic heterocycles. The third-order valence-electron chi connectivity index (χ3n) is 14.5. The number of nitrogens with zero attached hydrogens (tertiary/aromatic N) is 6. The zero-order valence-corrected chi connectivity index (χ0v) is 48.0. The fourth-order valence-electron chi connectivity index (χ4n) is 10.2. The lowest BCUT2D eigenvalue weighted by molar-refractivity contribution is -0.665. The standard InChI is InChI=1S/C19H17N2.C17H16N.C13H14N.C11H12NO.C11H12NS/c1-14-8-7-10-16-15-9-3-4-11-17(15)21(19(14)16)18-12-5-6-13-20(18)2;1-13-15-8-4-3-7-14(15)10-11-16(13)17-9-5-6-12-18(17)2;1-11-7-3-4-8-12(11)13-9-5-6-10-14(13)2;2*1-9-7-13-8-10(9)11-5-3-4-6-12(11)2/h3-13H,1-2H3;3-12H,1-2H3;3-10H,1-2H3;2*3-8H,1-2H3/q5*+1. The van der Waals surface area contributed by atoms with Gasteiger partial charge in [0, 0.05) is 87.4 Å². The van der Waals surface area contributed by atoms with E-state index in [-0.39, 0.29) is 0 Å². The summed E-state index contributed by atoms with van der Waals surface area (Å²) in [4.78, 5) is 0. The Kier molecular flexibility index (Phi) is 17.6. The lowest BCUT2D eigenvalue weighted by atomic mass is 9.98. The molecule has 0 radical (unpaired) electrons. The molecule has 0 spiro atoms. The molecule has 13 aromatic rings. The molecule has 0 atom stereocenters. The summed E-state index contributed by atoms with van der Waals surface area (Å²) in [5.74, 6) is 1.18. The Labute approximate surface area is 470 Å². The number of rotatable bonds is 5. The third-order valence-corrected chi connectivity index (χ3v) is 15.4. The summed E-state index contributed by atoms with van der Waals surface area (Å²) >= 11 is 1.76. The summed E-state index contributed by atoms with van der Waals surface area (Å²) in [5, 5.41) is 9.64. The van der Waals surface area contributed by atoms with Crippen LogP contribution in [0, 0.1) is 34.6 Å². The van der Waals surface area contributed by atoms with Gasteiger partial charge >= 0.3 is 0 Å². The number of benzene rings is 5. The number of aromatic nitrogens is 6. The molecule has 79 heavy (non-hydrogen) atoms. The maximum absolute atomic E-state index is 5.14. The average molecular weight is 1060 g/mol. The Bertz CT molecular complexity index is 4060. The predicted molar refractivity (Wildman–Crippen MR) is 326 cm³/mol. The smallest absolute Gasteiger partial charge is 0.286 e. The molecule has 0 unspecified atom stereocenters. The van der Waals surface area contributed by atoms with Crippen LogP contribution in [0.5, 0.6) is 0 Å². The summed E-state index contributed by atoms with van der Waals surface area (Å²) in [6, 6.07) is 67.8. The van der Waals surface area contributed by atoms with Crippen molar-refractivity contribution < 1.29 is 27.3 Å². The van der Waals surface area contributed by atoms with Crippen molar-refractivity contribution in [2.75, 3.05) is 0 Å². The molecule has 0 fully saturated rings. The van der Waals surface area contributed by atoms with E-state index in [1.54, 1.807) is 23.9 Å². The van der Waals surface area contributed by atoms with Crippen molar-refractivity contribution in [3.8, 4) is 50.8 Å². The van der Waals surface area contributed by atoms with Crippen molar-refractivity contribution in [3.63, 3.8) is 0 Å². The number of hydrogen-bond donors (Lipinski definition) is 0. The maximum atomic E-state index is 5.14. The van der Waals surface area contributed by atoms with Crippen LogP contribution in [0.4, 0.5) is 0 Å². The third kappa shape index (κ3) is 12.4. The molecule has 13 rings (SSSR count). The topological polar surface area (TPSA) is 37.5 Å². The van der Waals surface area contributed by atoms with Gasteiger partial charge in [-0.25, -0.2) is 22.8 Å². The van der Waals surface area contributed by atoms with Gasteiger partial charge in [-0.15, -0.1) is 0 Å². The molecule has 392 valence electrons. The van der Waals surface area contributed by atoms with Gasteiger partial charge in [0.05, 0.1) is 30.6 Å². The molecule has 8 aromatic heterocycles. The van der Waals surface area contributed by atoms with Crippen LogP contribution in [-0.2, 0) is 35.2 Å². The molecular weight excluding hydrogens is 985 g/mol. The van der Waals surface area contributed by atoms with Crippen molar-refractivity contribution in [1.82, 2.24) is 4.57 Å². The molecule has 0 saturated heterocycles. The Morgan fingerprint density at radius 2 is 0.835 bits per heavy atom. The minimum atomic E-state index is 1.16. The molecular formula is C71H71N6OS+5. The van der Waals surface area contributed by atoms with E-state index in [1.165, 1.54) is 106 Å². The number of hydrogen-bond acceptors (Lipinski definition) is 2. The van der Waals surface area contributed by atoms with Crippen LogP contribution in [0.25, 0.3) is 83.4 Å². The van der Waals surface area contributed by atoms with Crippen molar-refractivity contribution in [3.05, 3.63) is 276 Å². The van der Waals surface area contributed by atoms with Gasteiger partial charge in [0.15, 0.2) is 24.8 Å². The van der Waals surface area contributed by atoms with Crippen LogP contribution >= 0.6 is 11.3 Å². The highest BCUT2D eigenvalue weighted by Gasteiger charge is 2.22. The van der Waals surface area contributed by atoms with Crippen LogP contribution in [0.1, 0.15) is 27.8 Å². The summed E-state index contributed by atoms with van der Waals surface area (Å²) in [6.45, 7) is 10.7. The first-order valence-electron chi connectivity index (χ1n) is 26.7. The van der Waals surface area contributed by atoms with E-state index in [9.17, 15) is 0 Å². The van der Waals surface area contributed by atoms with Crippen molar-refractivity contribution in [2.24, 2.45) is 35.2 Å². The fourth-order valence-corrected chi connectivity index (χ4v) is 11.0. The molecule has 0 amide bonds. The minimum Gasteiger partial charge on any atom is -0.471 e.